The molecule has 1 saturated heterocycles. The van der Waals surface area contributed by atoms with E-state index in [2.05, 4.69) is 29.9 Å². The molecule has 3 rings (SSSR count). The first-order valence-electron chi connectivity index (χ1n) is 8.86. The molecule has 6 nitrogen and oxygen atoms in total. The highest BCUT2D eigenvalue weighted by Gasteiger charge is 2.30. The van der Waals surface area contributed by atoms with Gasteiger partial charge in [0.25, 0.3) is 5.91 Å². The van der Waals surface area contributed by atoms with Crippen LogP contribution in [0.25, 0.3) is 0 Å². The molecule has 0 radical (unpaired) electrons. The largest absolute Gasteiger partial charge is 0.495 e. The van der Waals surface area contributed by atoms with Gasteiger partial charge in [-0.2, -0.15) is 5.10 Å². The first-order chi connectivity index (χ1) is 12.2. The van der Waals surface area contributed by atoms with E-state index in [1.165, 1.54) is 0 Å². The minimum absolute atomic E-state index is 0.0677. The zero-order valence-corrected chi connectivity index (χ0v) is 15.2. The smallest absolute Gasteiger partial charge is 0.272 e. The summed E-state index contributed by atoms with van der Waals surface area (Å²) in [5, 5.41) is 4.27. The number of nitrogens with zero attached hydrogens (tertiary/aromatic N) is 4. The molecule has 6 heteroatoms. The van der Waals surface area contributed by atoms with Gasteiger partial charge in [0.2, 0.25) is 0 Å². The van der Waals surface area contributed by atoms with Gasteiger partial charge in [0, 0.05) is 38.4 Å². The first-order valence-corrected chi connectivity index (χ1v) is 8.86. The van der Waals surface area contributed by atoms with Crippen molar-refractivity contribution < 1.29 is 9.53 Å². The van der Waals surface area contributed by atoms with Crippen LogP contribution < -0.4 is 9.64 Å². The molecule has 0 N–H and O–H groups in total. The third-order valence-corrected chi connectivity index (χ3v) is 4.69. The van der Waals surface area contributed by atoms with Gasteiger partial charge < -0.3 is 14.5 Å². The normalized spacial score (nSPS) is 17.6. The Morgan fingerprint density at radius 3 is 2.80 bits per heavy atom. The fourth-order valence-electron chi connectivity index (χ4n) is 3.42. The summed E-state index contributed by atoms with van der Waals surface area (Å²) in [5.41, 5.74) is 1.76. The van der Waals surface area contributed by atoms with Gasteiger partial charge in [0.05, 0.1) is 12.8 Å². The number of methoxy groups -OCH3 is 1. The van der Waals surface area contributed by atoms with Crippen LogP contribution in [0.15, 0.2) is 36.5 Å². The molecule has 1 amide bonds. The van der Waals surface area contributed by atoms with Crippen molar-refractivity contribution in [1.29, 1.82) is 0 Å². The Balaban J connectivity index is 1.73. The molecule has 0 bridgehead atoms. The summed E-state index contributed by atoms with van der Waals surface area (Å²) in [6.45, 7) is 7.22. The molecule has 25 heavy (non-hydrogen) atoms. The fourth-order valence-corrected chi connectivity index (χ4v) is 3.42. The maximum Gasteiger partial charge on any atom is 0.272 e. The Bertz CT molecular complexity index is 728. The van der Waals surface area contributed by atoms with E-state index >= 15 is 0 Å². The lowest BCUT2D eigenvalue weighted by Gasteiger charge is -2.41. The summed E-state index contributed by atoms with van der Waals surface area (Å²) in [6.07, 6.45) is 2.66. The lowest BCUT2D eigenvalue weighted by atomic mass is 10.1. The number of para-hydroxylation sites is 2. The molecule has 1 aliphatic rings. The Morgan fingerprint density at radius 1 is 1.28 bits per heavy atom. The summed E-state index contributed by atoms with van der Waals surface area (Å²) in [6, 6.07) is 9.97. The van der Waals surface area contributed by atoms with E-state index < -0.39 is 0 Å². The van der Waals surface area contributed by atoms with Crippen molar-refractivity contribution in [2.75, 3.05) is 31.6 Å². The predicted molar refractivity (Wildman–Crippen MR) is 98.2 cm³/mol. The molecule has 0 aliphatic carbocycles. The molecule has 2 aromatic rings. The SMILES string of the molecule is CCCn1nccc1C(=O)N1CCN(c2ccccc2OC)C[C@@H]1C. The number of aromatic nitrogens is 2. The number of piperazine rings is 1. The van der Waals surface area contributed by atoms with Crippen LogP contribution in [-0.4, -0.2) is 53.4 Å². The van der Waals surface area contributed by atoms with Crippen LogP contribution in [0.4, 0.5) is 5.69 Å². The number of rotatable bonds is 5. The van der Waals surface area contributed by atoms with Gasteiger partial charge in [-0.1, -0.05) is 19.1 Å². The Kier molecular flexibility index (Phi) is 5.26. The molecule has 0 saturated carbocycles. The number of ether oxygens (including phenoxy) is 1. The van der Waals surface area contributed by atoms with Crippen molar-refractivity contribution >= 4 is 11.6 Å². The number of carbonyl (C=O) groups is 1. The predicted octanol–water partition coefficient (Wildman–Crippen LogP) is 2.65. The van der Waals surface area contributed by atoms with Crippen molar-refractivity contribution in [2.24, 2.45) is 0 Å². The van der Waals surface area contributed by atoms with E-state index in [0.717, 1.165) is 37.5 Å². The summed E-state index contributed by atoms with van der Waals surface area (Å²) in [7, 11) is 1.69. The molecule has 0 unspecified atom stereocenters. The molecule has 1 aromatic heterocycles. The first kappa shape index (κ1) is 17.3. The summed E-state index contributed by atoms with van der Waals surface area (Å²) < 4.78 is 7.28. The second kappa shape index (κ2) is 7.59. The molecule has 1 atom stereocenters. The maximum atomic E-state index is 13.0. The van der Waals surface area contributed by atoms with Crippen LogP contribution in [0.3, 0.4) is 0 Å². The highest BCUT2D eigenvalue weighted by molar-refractivity contribution is 5.93. The average molecular weight is 342 g/mol. The highest BCUT2D eigenvalue weighted by Crippen LogP contribution is 2.29. The van der Waals surface area contributed by atoms with E-state index in [0.29, 0.717) is 12.2 Å². The summed E-state index contributed by atoms with van der Waals surface area (Å²) >= 11 is 0. The van der Waals surface area contributed by atoms with Crippen molar-refractivity contribution in [2.45, 2.75) is 32.9 Å². The maximum absolute atomic E-state index is 13.0. The van der Waals surface area contributed by atoms with Crippen LogP contribution in [-0.2, 0) is 6.54 Å². The second-order valence-electron chi connectivity index (χ2n) is 6.41. The number of benzene rings is 1. The number of carbonyl (C=O) groups excluding carboxylic acids is 1. The van der Waals surface area contributed by atoms with E-state index in [1.807, 2.05) is 33.8 Å². The van der Waals surface area contributed by atoms with Gasteiger partial charge in [-0.3, -0.25) is 9.48 Å². The van der Waals surface area contributed by atoms with Crippen LogP contribution in [0, 0.1) is 0 Å². The van der Waals surface area contributed by atoms with E-state index in [9.17, 15) is 4.79 Å². The quantitative estimate of drug-likeness (QED) is 0.838. The zero-order valence-electron chi connectivity index (χ0n) is 15.2. The number of amides is 1. The van der Waals surface area contributed by atoms with E-state index in [4.69, 9.17) is 4.74 Å². The van der Waals surface area contributed by atoms with Crippen molar-refractivity contribution in [1.82, 2.24) is 14.7 Å². The Labute approximate surface area is 149 Å². The molecule has 1 aliphatic heterocycles. The van der Waals surface area contributed by atoms with Crippen molar-refractivity contribution in [3.05, 3.63) is 42.2 Å². The number of aryl methyl sites for hydroxylation is 1. The molecule has 1 aromatic carbocycles. The third-order valence-electron chi connectivity index (χ3n) is 4.69. The number of hydrogen-bond donors (Lipinski definition) is 0. The second-order valence-corrected chi connectivity index (χ2v) is 6.41. The van der Waals surface area contributed by atoms with Gasteiger partial charge in [-0.15, -0.1) is 0 Å². The minimum Gasteiger partial charge on any atom is -0.495 e. The molecule has 2 heterocycles. The van der Waals surface area contributed by atoms with Gasteiger partial charge in [0.1, 0.15) is 11.4 Å². The highest BCUT2D eigenvalue weighted by atomic mass is 16.5. The van der Waals surface area contributed by atoms with Gasteiger partial charge in [-0.05, 0) is 31.5 Å². The Morgan fingerprint density at radius 2 is 2.08 bits per heavy atom. The average Bonchev–Trinajstić information content (AvgIpc) is 3.09. The van der Waals surface area contributed by atoms with Gasteiger partial charge >= 0.3 is 0 Å². The topological polar surface area (TPSA) is 50.6 Å². The zero-order chi connectivity index (χ0) is 17.8. The number of anilines is 1. The summed E-state index contributed by atoms with van der Waals surface area (Å²) in [4.78, 5) is 17.2. The molecular formula is C19H26N4O2. The molecule has 134 valence electrons. The van der Waals surface area contributed by atoms with Gasteiger partial charge in [0.15, 0.2) is 0 Å². The fraction of sp³-hybridized carbons (Fsp3) is 0.474. The van der Waals surface area contributed by atoms with E-state index in [1.54, 1.807) is 13.3 Å². The van der Waals surface area contributed by atoms with Crippen LogP contribution in [0.2, 0.25) is 0 Å². The lowest BCUT2D eigenvalue weighted by molar-refractivity contribution is 0.0661. The Hall–Kier alpha value is -2.50. The van der Waals surface area contributed by atoms with Crippen LogP contribution in [0.5, 0.6) is 5.75 Å². The standard InChI is InChI=1S/C19H26N4O2/c1-4-11-23-17(9-10-20-23)19(24)22-13-12-21(14-15(22)2)16-7-5-6-8-18(16)25-3/h5-10,15H,4,11-14H2,1-3H3/t15-/m0/s1. The molecule has 0 spiro atoms. The van der Waals surface area contributed by atoms with Crippen LogP contribution >= 0.6 is 0 Å². The molecule has 1 fully saturated rings. The van der Waals surface area contributed by atoms with Crippen molar-refractivity contribution in [3.8, 4) is 5.75 Å². The molecular weight excluding hydrogens is 316 g/mol. The minimum atomic E-state index is 0.0677. The van der Waals surface area contributed by atoms with Gasteiger partial charge in [-0.25, -0.2) is 0 Å². The van der Waals surface area contributed by atoms with Crippen molar-refractivity contribution in [3.63, 3.8) is 0 Å². The third kappa shape index (κ3) is 3.48. The van der Waals surface area contributed by atoms with E-state index in [-0.39, 0.29) is 11.9 Å². The number of hydrogen-bond acceptors (Lipinski definition) is 4. The van der Waals surface area contributed by atoms with Crippen LogP contribution in [0.1, 0.15) is 30.8 Å². The monoisotopic (exact) mass is 342 g/mol. The lowest BCUT2D eigenvalue weighted by Crippen LogP contribution is -2.54. The summed E-state index contributed by atoms with van der Waals surface area (Å²) in [5.74, 6) is 0.939.